The number of halogens is 1. The average Bonchev–Trinajstić information content (AvgIpc) is 3.21. The number of aryl methyl sites for hydroxylation is 1. The maximum Gasteiger partial charge on any atom is 0.225 e. The quantitative estimate of drug-likeness (QED) is 0.874. The third-order valence-corrected chi connectivity index (χ3v) is 4.95. The number of hydrogen-bond acceptors (Lipinski definition) is 4. The van der Waals surface area contributed by atoms with Crippen LogP contribution in [0.15, 0.2) is 29.9 Å². The molecule has 0 spiro atoms. The second-order valence-electron chi connectivity index (χ2n) is 6.00. The molecule has 3 heterocycles. The van der Waals surface area contributed by atoms with E-state index >= 15 is 0 Å². The van der Waals surface area contributed by atoms with Crippen molar-refractivity contribution in [1.29, 1.82) is 0 Å². The molecular weight excluding hydrogens is 315 g/mol. The van der Waals surface area contributed by atoms with Gasteiger partial charge >= 0.3 is 0 Å². The van der Waals surface area contributed by atoms with Crippen LogP contribution in [0.2, 0.25) is 0 Å². The van der Waals surface area contributed by atoms with Crippen LogP contribution >= 0.6 is 11.3 Å². The monoisotopic (exact) mass is 336 g/mol. The molecule has 0 saturated carbocycles. The highest BCUT2D eigenvalue weighted by molar-refractivity contribution is 7.10. The first-order chi connectivity index (χ1) is 11.1. The van der Waals surface area contributed by atoms with Gasteiger partial charge in [0.05, 0.1) is 12.6 Å². The predicted molar refractivity (Wildman–Crippen MR) is 88.0 cm³/mol. The molecule has 124 valence electrons. The fourth-order valence-electron chi connectivity index (χ4n) is 2.98. The highest BCUT2D eigenvalue weighted by Gasteiger charge is 2.32. The Morgan fingerprint density at radius 2 is 2.43 bits per heavy atom. The molecule has 1 saturated heterocycles. The van der Waals surface area contributed by atoms with E-state index in [-0.39, 0.29) is 11.9 Å². The SMILES string of the molecule is Cn1cc(CN2C[C@@H](F)C[C@H]2CNC(=O)Cc2cccs2)cn1. The minimum Gasteiger partial charge on any atom is -0.354 e. The summed E-state index contributed by atoms with van der Waals surface area (Å²) in [6.45, 7) is 1.57. The van der Waals surface area contributed by atoms with Gasteiger partial charge in [0, 0.05) is 49.4 Å². The van der Waals surface area contributed by atoms with Crippen LogP contribution in [0.3, 0.4) is 0 Å². The Labute approximate surface area is 139 Å². The van der Waals surface area contributed by atoms with Crippen LogP contribution in [0.25, 0.3) is 0 Å². The Morgan fingerprint density at radius 1 is 1.57 bits per heavy atom. The topological polar surface area (TPSA) is 50.2 Å². The molecule has 7 heteroatoms. The van der Waals surface area contributed by atoms with Crippen molar-refractivity contribution in [3.63, 3.8) is 0 Å². The van der Waals surface area contributed by atoms with E-state index < -0.39 is 6.17 Å². The van der Waals surface area contributed by atoms with Gasteiger partial charge in [0.15, 0.2) is 0 Å². The lowest BCUT2D eigenvalue weighted by Crippen LogP contribution is -2.40. The van der Waals surface area contributed by atoms with Crippen LogP contribution in [0.1, 0.15) is 16.9 Å². The van der Waals surface area contributed by atoms with Gasteiger partial charge in [-0.3, -0.25) is 14.4 Å². The lowest BCUT2D eigenvalue weighted by molar-refractivity contribution is -0.120. The Hall–Kier alpha value is -1.73. The van der Waals surface area contributed by atoms with Crippen molar-refractivity contribution in [3.05, 3.63) is 40.3 Å². The fourth-order valence-corrected chi connectivity index (χ4v) is 3.69. The van der Waals surface area contributed by atoms with Gasteiger partial charge in [-0.1, -0.05) is 6.07 Å². The molecule has 0 radical (unpaired) electrons. The highest BCUT2D eigenvalue weighted by Crippen LogP contribution is 2.22. The van der Waals surface area contributed by atoms with Crippen molar-refractivity contribution in [2.24, 2.45) is 7.05 Å². The smallest absolute Gasteiger partial charge is 0.225 e. The van der Waals surface area contributed by atoms with Crippen LogP contribution in [0, 0.1) is 0 Å². The van der Waals surface area contributed by atoms with Gasteiger partial charge in [0.25, 0.3) is 0 Å². The van der Waals surface area contributed by atoms with Crippen molar-refractivity contribution in [2.45, 2.75) is 31.6 Å². The summed E-state index contributed by atoms with van der Waals surface area (Å²) >= 11 is 1.57. The normalized spacial score (nSPS) is 21.7. The number of carbonyl (C=O) groups is 1. The van der Waals surface area contributed by atoms with Crippen molar-refractivity contribution in [1.82, 2.24) is 20.0 Å². The zero-order valence-corrected chi connectivity index (χ0v) is 13.9. The number of alkyl halides is 1. The van der Waals surface area contributed by atoms with Gasteiger partial charge in [-0.25, -0.2) is 4.39 Å². The molecule has 0 unspecified atom stereocenters. The number of hydrogen-bond donors (Lipinski definition) is 1. The molecule has 0 aliphatic carbocycles. The van der Waals surface area contributed by atoms with E-state index in [1.54, 1.807) is 22.2 Å². The van der Waals surface area contributed by atoms with E-state index in [2.05, 4.69) is 15.3 Å². The number of amides is 1. The summed E-state index contributed by atoms with van der Waals surface area (Å²) in [5, 5.41) is 9.05. The zero-order valence-electron chi connectivity index (χ0n) is 13.1. The third kappa shape index (κ3) is 4.39. The third-order valence-electron chi connectivity index (χ3n) is 4.07. The first-order valence-electron chi connectivity index (χ1n) is 7.75. The van der Waals surface area contributed by atoms with E-state index in [9.17, 15) is 9.18 Å². The van der Waals surface area contributed by atoms with Gasteiger partial charge in [0.1, 0.15) is 6.17 Å². The van der Waals surface area contributed by atoms with Crippen molar-refractivity contribution in [3.8, 4) is 0 Å². The van der Waals surface area contributed by atoms with Crippen molar-refractivity contribution < 1.29 is 9.18 Å². The average molecular weight is 336 g/mol. The molecule has 0 bridgehead atoms. The van der Waals surface area contributed by atoms with Crippen LogP contribution in [-0.2, 0) is 24.8 Å². The van der Waals surface area contributed by atoms with Gasteiger partial charge in [-0.15, -0.1) is 11.3 Å². The molecule has 1 aliphatic rings. The molecule has 2 aromatic heterocycles. The van der Waals surface area contributed by atoms with Gasteiger partial charge in [0.2, 0.25) is 5.91 Å². The van der Waals surface area contributed by atoms with Crippen LogP contribution in [0.4, 0.5) is 4.39 Å². The second kappa shape index (κ2) is 7.23. The number of rotatable bonds is 6. The Balaban J connectivity index is 1.51. The standard InChI is InChI=1S/C16H21FN4OS/c1-20-9-12(7-19-20)10-21-11-13(17)5-14(21)8-18-16(22)6-15-3-2-4-23-15/h2-4,7,9,13-14H,5-6,8,10-11H2,1H3,(H,18,22)/t13-,14-/m0/s1. The molecule has 5 nitrogen and oxygen atoms in total. The molecular formula is C16H21FN4OS. The second-order valence-corrected chi connectivity index (χ2v) is 7.03. The number of nitrogens with one attached hydrogen (secondary N) is 1. The first kappa shape index (κ1) is 16.1. The molecule has 2 atom stereocenters. The maximum atomic E-state index is 13.8. The van der Waals surface area contributed by atoms with E-state index in [1.807, 2.05) is 30.8 Å². The lowest BCUT2D eigenvalue weighted by atomic mass is 10.2. The molecule has 1 N–H and O–H groups in total. The maximum absolute atomic E-state index is 13.8. The summed E-state index contributed by atoms with van der Waals surface area (Å²) in [6.07, 6.45) is 3.78. The fraction of sp³-hybridized carbons (Fsp3) is 0.500. The predicted octanol–water partition coefficient (Wildman–Crippen LogP) is 1.75. The summed E-state index contributed by atoms with van der Waals surface area (Å²) in [4.78, 5) is 15.1. The molecule has 0 aromatic carbocycles. The number of carbonyl (C=O) groups excluding carboxylic acids is 1. The first-order valence-corrected chi connectivity index (χ1v) is 8.63. The Bertz CT molecular complexity index is 642. The highest BCUT2D eigenvalue weighted by atomic mass is 32.1. The summed E-state index contributed by atoms with van der Waals surface area (Å²) < 4.78 is 15.5. The summed E-state index contributed by atoms with van der Waals surface area (Å²) in [5.41, 5.74) is 1.07. The summed E-state index contributed by atoms with van der Waals surface area (Å²) in [6, 6.07) is 3.93. The van der Waals surface area contributed by atoms with Crippen molar-refractivity contribution in [2.75, 3.05) is 13.1 Å². The van der Waals surface area contributed by atoms with Crippen LogP contribution < -0.4 is 5.32 Å². The molecule has 3 rings (SSSR count). The molecule has 1 aliphatic heterocycles. The Morgan fingerprint density at radius 3 is 3.13 bits per heavy atom. The lowest BCUT2D eigenvalue weighted by Gasteiger charge is -2.23. The van der Waals surface area contributed by atoms with Crippen LogP contribution in [0.5, 0.6) is 0 Å². The summed E-state index contributed by atoms with van der Waals surface area (Å²) in [5.74, 6) is -0.00362. The van der Waals surface area contributed by atoms with Gasteiger partial charge in [-0.05, 0) is 17.9 Å². The van der Waals surface area contributed by atoms with Gasteiger partial charge < -0.3 is 5.32 Å². The molecule has 1 fully saturated rings. The van der Waals surface area contributed by atoms with Crippen molar-refractivity contribution >= 4 is 17.2 Å². The largest absolute Gasteiger partial charge is 0.354 e. The number of thiophene rings is 1. The number of aromatic nitrogens is 2. The zero-order chi connectivity index (χ0) is 16.2. The van der Waals surface area contributed by atoms with E-state index in [0.717, 1.165) is 10.4 Å². The number of nitrogens with zero attached hydrogens (tertiary/aromatic N) is 3. The van der Waals surface area contributed by atoms with Gasteiger partial charge in [-0.2, -0.15) is 5.10 Å². The van der Waals surface area contributed by atoms with Crippen LogP contribution in [-0.4, -0.2) is 45.9 Å². The van der Waals surface area contributed by atoms with E-state index in [1.165, 1.54) is 0 Å². The van der Waals surface area contributed by atoms with E-state index in [4.69, 9.17) is 0 Å². The molecule has 23 heavy (non-hydrogen) atoms. The molecule has 2 aromatic rings. The number of likely N-dealkylation sites (tertiary alicyclic amines) is 1. The minimum atomic E-state index is -0.828. The summed E-state index contributed by atoms with van der Waals surface area (Å²) in [7, 11) is 1.87. The minimum absolute atomic E-state index is 0.00362. The van der Waals surface area contributed by atoms with E-state index in [0.29, 0.717) is 32.5 Å². The molecule has 1 amide bonds. The Kier molecular flexibility index (Phi) is 5.07.